The molecule has 0 bridgehead atoms. The van der Waals surface area contributed by atoms with Crippen molar-refractivity contribution in [1.82, 2.24) is 5.16 Å². The fraction of sp³-hybridized carbons (Fsp3) is 0.200. The van der Waals surface area contributed by atoms with Crippen molar-refractivity contribution in [1.29, 1.82) is 0 Å². The monoisotopic (exact) mass is 384 g/mol. The lowest BCUT2D eigenvalue weighted by Gasteiger charge is -2.15. The minimum atomic E-state index is -0.496. The third kappa shape index (κ3) is 4.41. The van der Waals surface area contributed by atoms with E-state index in [0.717, 1.165) is 5.56 Å². The standard InChI is InChI=1S/C20H17ClN2O4/c1-13-20(23(25)26)19(27-22-13)12-16(14-5-3-2-4-6-14)11-18(24)15-7-9-17(21)10-8-15/h2-10,16H,11-12H2,1H3/t16-/m1/s1. The van der Waals surface area contributed by atoms with Gasteiger partial charge < -0.3 is 4.52 Å². The highest BCUT2D eigenvalue weighted by Gasteiger charge is 2.28. The number of carbonyl (C=O) groups is 1. The highest BCUT2D eigenvalue weighted by atomic mass is 35.5. The molecule has 0 aliphatic carbocycles. The van der Waals surface area contributed by atoms with Crippen LogP contribution in [-0.4, -0.2) is 15.9 Å². The molecule has 0 aliphatic rings. The van der Waals surface area contributed by atoms with Gasteiger partial charge in [0.15, 0.2) is 11.5 Å². The number of nitro groups is 1. The van der Waals surface area contributed by atoms with E-state index in [9.17, 15) is 14.9 Å². The zero-order valence-corrected chi connectivity index (χ0v) is 15.3. The molecule has 0 fully saturated rings. The number of hydrogen-bond acceptors (Lipinski definition) is 5. The van der Waals surface area contributed by atoms with Crippen molar-refractivity contribution in [2.24, 2.45) is 0 Å². The van der Waals surface area contributed by atoms with E-state index in [0.29, 0.717) is 10.6 Å². The van der Waals surface area contributed by atoms with E-state index >= 15 is 0 Å². The molecule has 0 amide bonds. The van der Waals surface area contributed by atoms with E-state index in [-0.39, 0.29) is 41.7 Å². The van der Waals surface area contributed by atoms with Gasteiger partial charge in [0, 0.05) is 23.4 Å². The van der Waals surface area contributed by atoms with Gasteiger partial charge in [0.2, 0.25) is 5.76 Å². The number of carbonyl (C=O) groups excluding carboxylic acids is 1. The molecule has 7 heteroatoms. The van der Waals surface area contributed by atoms with Gasteiger partial charge in [0.1, 0.15) is 0 Å². The van der Waals surface area contributed by atoms with Gasteiger partial charge in [-0.1, -0.05) is 47.1 Å². The van der Waals surface area contributed by atoms with Crippen LogP contribution in [0.1, 0.15) is 39.7 Å². The Kier molecular flexibility index (Phi) is 5.66. The molecule has 0 saturated carbocycles. The molecule has 0 saturated heterocycles. The van der Waals surface area contributed by atoms with E-state index in [1.165, 1.54) is 6.92 Å². The maximum Gasteiger partial charge on any atom is 0.334 e. The van der Waals surface area contributed by atoms with Crippen molar-refractivity contribution >= 4 is 23.1 Å². The van der Waals surface area contributed by atoms with Crippen molar-refractivity contribution in [3.05, 3.63) is 92.3 Å². The number of benzene rings is 2. The summed E-state index contributed by atoms with van der Waals surface area (Å²) in [7, 11) is 0. The van der Waals surface area contributed by atoms with Crippen LogP contribution in [0.3, 0.4) is 0 Å². The topological polar surface area (TPSA) is 86.2 Å². The smallest absolute Gasteiger partial charge is 0.334 e. The molecule has 0 spiro atoms. The van der Waals surface area contributed by atoms with Crippen LogP contribution in [0.15, 0.2) is 59.1 Å². The third-order valence-corrected chi connectivity index (χ3v) is 4.63. The fourth-order valence-corrected chi connectivity index (χ4v) is 3.14. The van der Waals surface area contributed by atoms with Crippen LogP contribution in [0, 0.1) is 17.0 Å². The first-order valence-corrected chi connectivity index (χ1v) is 8.76. The summed E-state index contributed by atoms with van der Waals surface area (Å²) in [5, 5.41) is 15.6. The number of Topliss-reactive ketones (excluding diaryl/α,β-unsaturated/α-hetero) is 1. The Morgan fingerprint density at radius 3 is 2.48 bits per heavy atom. The zero-order valence-electron chi connectivity index (χ0n) is 14.6. The van der Waals surface area contributed by atoms with Gasteiger partial charge in [0.25, 0.3) is 0 Å². The second-order valence-corrected chi connectivity index (χ2v) is 6.68. The van der Waals surface area contributed by atoms with Gasteiger partial charge in [-0.15, -0.1) is 0 Å². The molecule has 1 heterocycles. The molecule has 3 rings (SSSR count). The number of rotatable bonds is 7. The second-order valence-electron chi connectivity index (χ2n) is 6.24. The third-order valence-electron chi connectivity index (χ3n) is 4.38. The Morgan fingerprint density at radius 2 is 1.85 bits per heavy atom. The summed E-state index contributed by atoms with van der Waals surface area (Å²) >= 11 is 5.88. The predicted octanol–water partition coefficient (Wildman–Crippen LogP) is 5.14. The summed E-state index contributed by atoms with van der Waals surface area (Å²) in [4.78, 5) is 23.6. The number of nitrogens with zero attached hydrogens (tertiary/aromatic N) is 2. The Hall–Kier alpha value is -2.99. The number of aryl methyl sites for hydroxylation is 1. The minimum Gasteiger partial charge on any atom is -0.354 e. The molecular weight excluding hydrogens is 368 g/mol. The molecule has 138 valence electrons. The van der Waals surface area contributed by atoms with Crippen LogP contribution < -0.4 is 0 Å². The lowest BCUT2D eigenvalue weighted by atomic mass is 9.88. The van der Waals surface area contributed by atoms with Gasteiger partial charge in [-0.25, -0.2) is 0 Å². The first kappa shape index (κ1) is 18.8. The first-order chi connectivity index (χ1) is 13.0. The molecule has 0 unspecified atom stereocenters. The highest BCUT2D eigenvalue weighted by molar-refractivity contribution is 6.30. The molecule has 1 atom stereocenters. The predicted molar refractivity (Wildman–Crippen MR) is 101 cm³/mol. The summed E-state index contributed by atoms with van der Waals surface area (Å²) < 4.78 is 5.19. The Morgan fingerprint density at radius 1 is 1.19 bits per heavy atom. The van der Waals surface area contributed by atoms with E-state index in [1.54, 1.807) is 24.3 Å². The summed E-state index contributed by atoms with van der Waals surface area (Å²) in [5.41, 5.74) is 1.55. The molecule has 6 nitrogen and oxygen atoms in total. The molecule has 0 radical (unpaired) electrons. The van der Waals surface area contributed by atoms with Gasteiger partial charge in [0.05, 0.1) is 4.92 Å². The normalized spacial score (nSPS) is 11.9. The minimum absolute atomic E-state index is 0.0700. The number of halogens is 1. The molecule has 3 aromatic rings. The van der Waals surface area contributed by atoms with Gasteiger partial charge in [-0.3, -0.25) is 14.9 Å². The molecule has 1 aromatic heterocycles. The van der Waals surface area contributed by atoms with Crippen LogP contribution in [0.5, 0.6) is 0 Å². The van der Waals surface area contributed by atoms with Crippen molar-refractivity contribution in [2.45, 2.75) is 25.7 Å². The zero-order chi connectivity index (χ0) is 19.4. The lowest BCUT2D eigenvalue weighted by Crippen LogP contribution is -2.11. The maximum absolute atomic E-state index is 12.7. The van der Waals surface area contributed by atoms with Crippen LogP contribution in [0.25, 0.3) is 0 Å². The Balaban J connectivity index is 1.89. The van der Waals surface area contributed by atoms with Crippen LogP contribution >= 0.6 is 11.6 Å². The Labute approximate surface area is 160 Å². The van der Waals surface area contributed by atoms with Crippen molar-refractivity contribution in [2.75, 3.05) is 0 Å². The molecular formula is C20H17ClN2O4. The number of aromatic nitrogens is 1. The van der Waals surface area contributed by atoms with E-state index in [4.69, 9.17) is 16.1 Å². The molecule has 0 N–H and O–H groups in total. The quantitative estimate of drug-likeness (QED) is 0.319. The number of hydrogen-bond donors (Lipinski definition) is 0. The summed E-state index contributed by atoms with van der Waals surface area (Å²) in [5.74, 6) is -0.171. The summed E-state index contributed by atoms with van der Waals surface area (Å²) in [6, 6.07) is 16.1. The van der Waals surface area contributed by atoms with Crippen molar-refractivity contribution in [3.63, 3.8) is 0 Å². The molecule has 0 aliphatic heterocycles. The molecule has 2 aromatic carbocycles. The average molecular weight is 385 g/mol. The largest absolute Gasteiger partial charge is 0.354 e. The van der Waals surface area contributed by atoms with Crippen molar-refractivity contribution < 1.29 is 14.2 Å². The molecule has 27 heavy (non-hydrogen) atoms. The van der Waals surface area contributed by atoms with E-state index in [1.807, 2.05) is 30.3 Å². The fourth-order valence-electron chi connectivity index (χ4n) is 3.01. The van der Waals surface area contributed by atoms with Crippen LogP contribution in [0.4, 0.5) is 5.69 Å². The average Bonchev–Trinajstić information content (AvgIpc) is 3.03. The van der Waals surface area contributed by atoms with Crippen molar-refractivity contribution in [3.8, 4) is 0 Å². The van der Waals surface area contributed by atoms with Gasteiger partial charge >= 0.3 is 5.69 Å². The van der Waals surface area contributed by atoms with E-state index in [2.05, 4.69) is 5.16 Å². The van der Waals surface area contributed by atoms with Gasteiger partial charge in [-0.2, -0.15) is 0 Å². The maximum atomic E-state index is 12.7. The Bertz CT molecular complexity index is 952. The summed E-state index contributed by atoms with van der Waals surface area (Å²) in [6.07, 6.45) is 0.392. The lowest BCUT2D eigenvalue weighted by molar-refractivity contribution is -0.386. The first-order valence-electron chi connectivity index (χ1n) is 8.39. The van der Waals surface area contributed by atoms with Gasteiger partial charge in [-0.05, 0) is 42.7 Å². The van der Waals surface area contributed by atoms with E-state index < -0.39 is 4.92 Å². The summed E-state index contributed by atoms with van der Waals surface area (Å²) in [6.45, 7) is 1.53. The second kappa shape index (κ2) is 8.14. The number of ketones is 1. The van der Waals surface area contributed by atoms with Crippen LogP contribution in [0.2, 0.25) is 5.02 Å². The van der Waals surface area contributed by atoms with Crippen LogP contribution in [-0.2, 0) is 6.42 Å². The highest BCUT2D eigenvalue weighted by Crippen LogP contribution is 2.31. The SMILES string of the molecule is Cc1noc(C[C@@H](CC(=O)c2ccc(Cl)cc2)c2ccccc2)c1[N+](=O)[O-].